The van der Waals surface area contributed by atoms with E-state index in [2.05, 4.69) is 9.88 Å². The van der Waals surface area contributed by atoms with Crippen LogP contribution in [0.2, 0.25) is 0 Å². The van der Waals surface area contributed by atoms with Crippen LogP contribution < -0.4 is 19.3 Å². The van der Waals surface area contributed by atoms with Crippen LogP contribution in [0, 0.1) is 5.82 Å². The summed E-state index contributed by atoms with van der Waals surface area (Å²) in [4.78, 5) is 8.49. The maximum atomic E-state index is 13.6. The number of piperazine rings is 1. The van der Waals surface area contributed by atoms with Gasteiger partial charge in [-0.25, -0.2) is 12.8 Å². The second-order valence-corrected chi connectivity index (χ2v) is 10.6. The highest BCUT2D eigenvalue weighted by atomic mass is 32.2. The molecule has 0 unspecified atom stereocenters. The lowest BCUT2D eigenvalue weighted by Crippen LogP contribution is -2.46. The normalized spacial score (nSPS) is 14.0. The van der Waals surface area contributed by atoms with Gasteiger partial charge >= 0.3 is 0 Å². The first-order chi connectivity index (χ1) is 18.4. The number of hydrogen-bond acceptors (Lipinski definition) is 8. The van der Waals surface area contributed by atoms with Gasteiger partial charge in [0.1, 0.15) is 17.3 Å². The minimum Gasteiger partial charge on any atom is -0.497 e. The molecule has 0 aliphatic carbocycles. The van der Waals surface area contributed by atoms with Crippen LogP contribution in [0.5, 0.6) is 11.5 Å². The molecule has 1 aliphatic heterocycles. The fourth-order valence-electron chi connectivity index (χ4n) is 4.34. The molecule has 0 amide bonds. The number of rotatable bonds is 8. The number of methoxy groups -OCH3 is 1. The van der Waals surface area contributed by atoms with Gasteiger partial charge in [-0.1, -0.05) is 0 Å². The maximum absolute atomic E-state index is 13.6. The molecule has 10 heteroatoms. The van der Waals surface area contributed by atoms with Crippen molar-refractivity contribution < 1.29 is 26.7 Å². The molecule has 0 spiro atoms. The average molecular weight is 538 g/mol. The molecule has 4 aromatic rings. The smallest absolute Gasteiger partial charge is 0.236 e. The van der Waals surface area contributed by atoms with Crippen LogP contribution >= 0.6 is 0 Å². The molecule has 198 valence electrons. The van der Waals surface area contributed by atoms with Crippen molar-refractivity contribution in [2.75, 3.05) is 49.7 Å². The number of anilines is 2. The SMILES string of the molecule is CCOc1ccc(-c2nc(S(=O)(=O)c3ccc(F)cc3)c(N3CCN(c4ccc(OC)cc4)CC3)o2)cc1. The third-order valence-corrected chi connectivity index (χ3v) is 8.04. The van der Waals surface area contributed by atoms with E-state index in [0.717, 1.165) is 23.6 Å². The molecule has 0 saturated carbocycles. The van der Waals surface area contributed by atoms with Crippen molar-refractivity contribution in [2.45, 2.75) is 16.8 Å². The Morgan fingerprint density at radius 1 is 0.868 bits per heavy atom. The Balaban J connectivity index is 1.47. The summed E-state index contributed by atoms with van der Waals surface area (Å²) in [5.41, 5.74) is 1.67. The minimum absolute atomic E-state index is 0.0523. The van der Waals surface area contributed by atoms with Crippen LogP contribution in [0.25, 0.3) is 11.5 Å². The molecule has 0 N–H and O–H groups in total. The van der Waals surface area contributed by atoms with E-state index >= 15 is 0 Å². The van der Waals surface area contributed by atoms with Crippen molar-refractivity contribution in [2.24, 2.45) is 0 Å². The van der Waals surface area contributed by atoms with E-state index in [0.29, 0.717) is 44.1 Å². The van der Waals surface area contributed by atoms with Gasteiger partial charge in [0.15, 0.2) is 0 Å². The monoisotopic (exact) mass is 537 g/mol. The molecule has 3 aromatic carbocycles. The van der Waals surface area contributed by atoms with Crippen molar-refractivity contribution >= 4 is 21.4 Å². The van der Waals surface area contributed by atoms with Gasteiger partial charge in [-0.15, -0.1) is 0 Å². The van der Waals surface area contributed by atoms with Gasteiger partial charge in [0, 0.05) is 37.4 Å². The van der Waals surface area contributed by atoms with Crippen LogP contribution in [0.3, 0.4) is 0 Å². The van der Waals surface area contributed by atoms with Gasteiger partial charge < -0.3 is 23.7 Å². The Kier molecular flexibility index (Phi) is 7.24. The molecule has 0 bridgehead atoms. The summed E-state index contributed by atoms with van der Waals surface area (Å²) in [6.07, 6.45) is 0. The number of sulfone groups is 1. The molecular weight excluding hydrogens is 509 g/mol. The Bertz CT molecular complexity index is 1480. The number of halogens is 1. The fraction of sp³-hybridized carbons (Fsp3) is 0.250. The van der Waals surface area contributed by atoms with E-state index in [1.165, 1.54) is 12.1 Å². The Morgan fingerprint density at radius 3 is 2.08 bits per heavy atom. The molecule has 38 heavy (non-hydrogen) atoms. The molecule has 2 heterocycles. The Labute approximate surface area is 221 Å². The predicted octanol–water partition coefficient (Wildman–Crippen LogP) is 5.05. The van der Waals surface area contributed by atoms with Crippen molar-refractivity contribution in [3.8, 4) is 23.0 Å². The third kappa shape index (κ3) is 5.17. The predicted molar refractivity (Wildman–Crippen MR) is 142 cm³/mol. The summed E-state index contributed by atoms with van der Waals surface area (Å²) in [6.45, 7) is 4.79. The molecule has 1 aromatic heterocycles. The summed E-state index contributed by atoms with van der Waals surface area (Å²) in [6, 6.07) is 19.6. The highest BCUT2D eigenvalue weighted by Crippen LogP contribution is 2.36. The zero-order valence-corrected chi connectivity index (χ0v) is 21.9. The molecule has 0 radical (unpaired) electrons. The summed E-state index contributed by atoms with van der Waals surface area (Å²) in [7, 11) is -2.45. The van der Waals surface area contributed by atoms with Crippen LogP contribution in [-0.2, 0) is 9.84 Å². The number of hydrogen-bond donors (Lipinski definition) is 0. The fourth-order valence-corrected chi connectivity index (χ4v) is 5.66. The van der Waals surface area contributed by atoms with Crippen LogP contribution in [0.15, 0.2) is 87.1 Å². The first-order valence-electron chi connectivity index (χ1n) is 12.3. The molecule has 1 saturated heterocycles. The summed E-state index contributed by atoms with van der Waals surface area (Å²) >= 11 is 0. The highest BCUT2D eigenvalue weighted by molar-refractivity contribution is 7.91. The van der Waals surface area contributed by atoms with Gasteiger partial charge in [0.05, 0.1) is 18.6 Å². The minimum atomic E-state index is -4.08. The lowest BCUT2D eigenvalue weighted by molar-refractivity contribution is 0.340. The number of nitrogens with zero attached hydrogens (tertiary/aromatic N) is 3. The zero-order valence-electron chi connectivity index (χ0n) is 21.1. The summed E-state index contributed by atoms with van der Waals surface area (Å²) < 4.78 is 57.6. The molecule has 5 rings (SSSR count). The van der Waals surface area contributed by atoms with E-state index < -0.39 is 15.7 Å². The number of ether oxygens (including phenoxy) is 2. The van der Waals surface area contributed by atoms with Gasteiger partial charge in [-0.3, -0.25) is 0 Å². The van der Waals surface area contributed by atoms with Crippen molar-refractivity contribution in [1.82, 2.24) is 4.98 Å². The number of aromatic nitrogens is 1. The lowest BCUT2D eigenvalue weighted by Gasteiger charge is -2.36. The molecule has 0 atom stereocenters. The quantitative estimate of drug-likeness (QED) is 0.289. The average Bonchev–Trinajstić information content (AvgIpc) is 3.41. The summed E-state index contributed by atoms with van der Waals surface area (Å²) in [5.74, 6) is 1.31. The van der Waals surface area contributed by atoms with Crippen LogP contribution in [-0.4, -0.2) is 53.3 Å². The zero-order chi connectivity index (χ0) is 26.7. The van der Waals surface area contributed by atoms with Crippen LogP contribution in [0.1, 0.15) is 6.92 Å². The number of oxazole rings is 1. The first kappa shape index (κ1) is 25.6. The van der Waals surface area contributed by atoms with E-state index in [1.54, 1.807) is 31.4 Å². The Hall–Kier alpha value is -4.05. The Morgan fingerprint density at radius 2 is 1.47 bits per heavy atom. The second-order valence-electron chi connectivity index (χ2n) is 8.72. The van der Waals surface area contributed by atoms with E-state index in [-0.39, 0.29) is 21.7 Å². The largest absolute Gasteiger partial charge is 0.497 e. The lowest BCUT2D eigenvalue weighted by atomic mass is 10.2. The molecule has 1 fully saturated rings. The molecular formula is C28H28FN3O5S. The third-order valence-electron chi connectivity index (χ3n) is 6.37. The number of benzene rings is 3. The second kappa shape index (κ2) is 10.7. The van der Waals surface area contributed by atoms with Gasteiger partial charge in [0.25, 0.3) is 0 Å². The molecule has 8 nitrogen and oxygen atoms in total. The highest BCUT2D eigenvalue weighted by Gasteiger charge is 2.33. The van der Waals surface area contributed by atoms with Crippen molar-refractivity contribution in [1.29, 1.82) is 0 Å². The van der Waals surface area contributed by atoms with E-state index in [4.69, 9.17) is 13.9 Å². The van der Waals surface area contributed by atoms with E-state index in [1.807, 2.05) is 36.1 Å². The van der Waals surface area contributed by atoms with Crippen molar-refractivity contribution in [3.63, 3.8) is 0 Å². The first-order valence-corrected chi connectivity index (χ1v) is 13.8. The van der Waals surface area contributed by atoms with E-state index in [9.17, 15) is 12.8 Å². The van der Waals surface area contributed by atoms with Gasteiger partial charge in [-0.2, -0.15) is 4.98 Å². The summed E-state index contributed by atoms with van der Waals surface area (Å²) in [5, 5.41) is -0.189. The topological polar surface area (TPSA) is 85.1 Å². The van der Waals surface area contributed by atoms with Crippen LogP contribution in [0.4, 0.5) is 16.0 Å². The van der Waals surface area contributed by atoms with Gasteiger partial charge in [0.2, 0.25) is 26.6 Å². The van der Waals surface area contributed by atoms with Gasteiger partial charge in [-0.05, 0) is 79.7 Å². The molecule has 1 aliphatic rings. The maximum Gasteiger partial charge on any atom is 0.236 e. The standard InChI is InChI=1S/C28H28FN3O5S/c1-3-36-24-10-4-20(5-11-24)26-30-27(38(33,34)25-14-6-21(29)7-15-25)28(37-26)32-18-16-31(17-19-32)22-8-12-23(35-2)13-9-22/h4-15H,3,16-19H2,1-2H3. The van der Waals surface area contributed by atoms with Crippen molar-refractivity contribution in [3.05, 3.63) is 78.6 Å².